The van der Waals surface area contributed by atoms with E-state index < -0.39 is 0 Å². The molecule has 10 heteroatoms. The average molecular weight is 660 g/mol. The average Bonchev–Trinajstić information content (AvgIpc) is 3.78. The Kier molecular flexibility index (Phi) is 26.0. The first-order chi connectivity index (χ1) is 22.2. The van der Waals surface area contributed by atoms with E-state index in [9.17, 15) is 0 Å². The molecule has 0 saturated carbocycles. The van der Waals surface area contributed by atoms with Gasteiger partial charge in [0.25, 0.3) is 0 Å². The Morgan fingerprint density at radius 2 is 0.891 bits per heavy atom. The molecule has 5 heterocycles. The predicted octanol–water partition coefficient (Wildman–Crippen LogP) is 3.74. The SMILES string of the molecule is COC1CCN(C)C1.COCC1CCCCN1C.COCC1CCCN(C)C1.COCC1CCCN1C.COCC1CCN(C)C1. The van der Waals surface area contributed by atoms with Crippen molar-refractivity contribution < 1.29 is 23.7 Å². The third-order valence-electron chi connectivity index (χ3n) is 10.0. The Morgan fingerprint density at radius 1 is 0.435 bits per heavy atom. The van der Waals surface area contributed by atoms with E-state index >= 15 is 0 Å². The largest absolute Gasteiger partial charge is 0.384 e. The summed E-state index contributed by atoms with van der Waals surface area (Å²) in [6.07, 6.45) is 12.4. The van der Waals surface area contributed by atoms with Crippen LogP contribution in [0.15, 0.2) is 0 Å². The summed E-state index contributed by atoms with van der Waals surface area (Å²) in [4.78, 5) is 11.8. The Balaban J connectivity index is 0.000000288. The van der Waals surface area contributed by atoms with Crippen molar-refractivity contribution in [2.75, 3.05) is 150 Å². The van der Waals surface area contributed by atoms with Crippen LogP contribution in [0.4, 0.5) is 0 Å². The smallest absolute Gasteiger partial charge is 0.0710 e. The van der Waals surface area contributed by atoms with Crippen LogP contribution in [0.1, 0.15) is 57.8 Å². The molecular weight excluding hydrogens is 582 g/mol. The standard InChI is InChI=1S/2C8H17NO.2C7H15NO.C6H13NO/c1-9-5-3-4-8(6-9)7-10-2;1-9-6-4-3-5-8(9)7-10-2;1-8-4-3-7(5-8)6-9-2;1-8-5-3-4-7(8)6-9-2;1-7-4-3-6(5-7)8-2/h2*8H,3-7H2,1-2H3;2*7H,3-6H2,1-2H3;6H,3-5H2,1-2H3. The summed E-state index contributed by atoms with van der Waals surface area (Å²) in [6, 6.07) is 1.37. The van der Waals surface area contributed by atoms with E-state index in [1.165, 1.54) is 104 Å². The lowest BCUT2D eigenvalue weighted by Gasteiger charge is -2.31. The van der Waals surface area contributed by atoms with Crippen molar-refractivity contribution in [2.45, 2.75) is 76.0 Å². The number of rotatable bonds is 9. The first-order valence-electron chi connectivity index (χ1n) is 18.1. The Morgan fingerprint density at radius 3 is 1.28 bits per heavy atom. The maximum Gasteiger partial charge on any atom is 0.0710 e. The van der Waals surface area contributed by atoms with Crippen LogP contribution in [-0.2, 0) is 23.7 Å². The van der Waals surface area contributed by atoms with Crippen LogP contribution in [0.3, 0.4) is 0 Å². The minimum atomic E-state index is 0.500. The van der Waals surface area contributed by atoms with Gasteiger partial charge in [-0.05, 0) is 125 Å². The number of methoxy groups -OCH3 is 5. The van der Waals surface area contributed by atoms with E-state index in [2.05, 4.69) is 59.7 Å². The lowest BCUT2D eigenvalue weighted by Crippen LogP contribution is -2.39. The zero-order valence-electron chi connectivity index (χ0n) is 32.0. The third kappa shape index (κ3) is 20.2. The van der Waals surface area contributed by atoms with E-state index in [4.69, 9.17) is 23.7 Å². The molecule has 0 bridgehead atoms. The number of hydrogen-bond donors (Lipinski definition) is 0. The quantitative estimate of drug-likeness (QED) is 0.366. The molecule has 0 N–H and O–H groups in total. The van der Waals surface area contributed by atoms with E-state index in [1.54, 1.807) is 35.5 Å². The van der Waals surface area contributed by atoms with E-state index in [-0.39, 0.29) is 0 Å². The minimum Gasteiger partial charge on any atom is -0.384 e. The van der Waals surface area contributed by atoms with Gasteiger partial charge >= 0.3 is 0 Å². The summed E-state index contributed by atoms with van der Waals surface area (Å²) < 4.78 is 25.5. The van der Waals surface area contributed by atoms with Crippen LogP contribution in [0, 0.1) is 11.8 Å². The second kappa shape index (κ2) is 27.4. The molecular formula is C36H77N5O5. The lowest BCUT2D eigenvalue weighted by atomic mass is 10.00. The summed E-state index contributed by atoms with van der Waals surface area (Å²) in [5.74, 6) is 1.57. The molecule has 5 saturated heterocycles. The summed E-state index contributed by atoms with van der Waals surface area (Å²) in [5.41, 5.74) is 0. The molecule has 0 aliphatic carbocycles. The highest BCUT2D eigenvalue weighted by Gasteiger charge is 2.21. The molecule has 5 aliphatic heterocycles. The Hall–Kier alpha value is -0.400. The van der Waals surface area contributed by atoms with Gasteiger partial charge in [0.2, 0.25) is 0 Å². The van der Waals surface area contributed by atoms with Crippen molar-refractivity contribution in [3.05, 3.63) is 0 Å². The Bertz CT molecular complexity index is 689. The highest BCUT2D eigenvalue weighted by molar-refractivity contribution is 4.76. The summed E-state index contributed by atoms with van der Waals surface area (Å²) >= 11 is 0. The number of ether oxygens (including phenoxy) is 5. The second-order valence-corrected chi connectivity index (χ2v) is 14.3. The van der Waals surface area contributed by atoms with Gasteiger partial charge in [0.1, 0.15) is 0 Å². The number of likely N-dealkylation sites (N-methyl/N-ethyl adjacent to an activating group) is 3. The molecule has 0 aromatic carbocycles. The molecule has 5 aliphatic rings. The number of hydrogen-bond acceptors (Lipinski definition) is 10. The molecule has 46 heavy (non-hydrogen) atoms. The molecule has 5 rings (SSSR count). The van der Waals surface area contributed by atoms with Gasteiger partial charge in [-0.2, -0.15) is 0 Å². The third-order valence-corrected chi connectivity index (χ3v) is 10.0. The van der Waals surface area contributed by atoms with Crippen LogP contribution < -0.4 is 0 Å². The molecule has 5 atom stereocenters. The molecule has 0 aromatic rings. The molecule has 5 unspecified atom stereocenters. The zero-order valence-corrected chi connectivity index (χ0v) is 32.0. The highest BCUT2D eigenvalue weighted by atomic mass is 16.5. The minimum absolute atomic E-state index is 0.500. The van der Waals surface area contributed by atoms with Crippen molar-refractivity contribution in [1.82, 2.24) is 24.5 Å². The van der Waals surface area contributed by atoms with Gasteiger partial charge in [0, 0.05) is 73.8 Å². The number of likely N-dealkylation sites (tertiary alicyclic amines) is 5. The molecule has 10 nitrogen and oxygen atoms in total. The molecule has 0 aromatic heterocycles. The maximum atomic E-state index is 5.14. The normalized spacial score (nSPS) is 29.5. The van der Waals surface area contributed by atoms with Gasteiger partial charge in [0.05, 0.1) is 32.5 Å². The van der Waals surface area contributed by atoms with Crippen LogP contribution in [0.5, 0.6) is 0 Å². The molecule has 0 radical (unpaired) electrons. The highest BCUT2D eigenvalue weighted by Crippen LogP contribution is 2.16. The van der Waals surface area contributed by atoms with Crippen LogP contribution in [-0.4, -0.2) is 192 Å². The molecule has 0 spiro atoms. The van der Waals surface area contributed by atoms with Gasteiger partial charge in [-0.25, -0.2) is 0 Å². The van der Waals surface area contributed by atoms with Gasteiger partial charge in [0.15, 0.2) is 0 Å². The summed E-state index contributed by atoms with van der Waals surface area (Å²) in [7, 11) is 19.7. The van der Waals surface area contributed by atoms with Crippen molar-refractivity contribution in [1.29, 1.82) is 0 Å². The second-order valence-electron chi connectivity index (χ2n) is 14.3. The van der Waals surface area contributed by atoms with Crippen LogP contribution in [0.2, 0.25) is 0 Å². The predicted molar refractivity (Wildman–Crippen MR) is 192 cm³/mol. The van der Waals surface area contributed by atoms with Crippen LogP contribution >= 0.6 is 0 Å². The maximum absolute atomic E-state index is 5.14. The van der Waals surface area contributed by atoms with Gasteiger partial charge < -0.3 is 48.2 Å². The lowest BCUT2D eigenvalue weighted by molar-refractivity contribution is 0.0825. The summed E-state index contributed by atoms with van der Waals surface area (Å²) in [6.45, 7) is 13.4. The fraction of sp³-hybridized carbons (Fsp3) is 1.00. The fourth-order valence-corrected chi connectivity index (χ4v) is 7.06. The fourth-order valence-electron chi connectivity index (χ4n) is 7.06. The monoisotopic (exact) mass is 660 g/mol. The molecule has 5 fully saturated rings. The topological polar surface area (TPSA) is 62.4 Å². The van der Waals surface area contributed by atoms with Crippen molar-refractivity contribution >= 4 is 0 Å². The van der Waals surface area contributed by atoms with Crippen molar-refractivity contribution in [3.8, 4) is 0 Å². The first-order valence-corrected chi connectivity index (χ1v) is 18.1. The van der Waals surface area contributed by atoms with Crippen molar-refractivity contribution in [2.24, 2.45) is 11.8 Å². The van der Waals surface area contributed by atoms with Gasteiger partial charge in [-0.15, -0.1) is 0 Å². The van der Waals surface area contributed by atoms with Crippen LogP contribution in [0.25, 0.3) is 0 Å². The number of nitrogens with zero attached hydrogens (tertiary/aromatic N) is 5. The molecule has 0 amide bonds. The van der Waals surface area contributed by atoms with E-state index in [1.807, 2.05) is 0 Å². The first kappa shape index (κ1) is 43.6. The Labute approximate surface area is 285 Å². The zero-order chi connectivity index (χ0) is 34.2. The van der Waals surface area contributed by atoms with E-state index in [0.29, 0.717) is 18.2 Å². The van der Waals surface area contributed by atoms with Crippen molar-refractivity contribution in [3.63, 3.8) is 0 Å². The van der Waals surface area contributed by atoms with Gasteiger partial charge in [-0.1, -0.05) is 6.42 Å². The van der Waals surface area contributed by atoms with Gasteiger partial charge in [-0.3, -0.25) is 0 Å². The van der Waals surface area contributed by atoms with E-state index in [0.717, 1.165) is 44.8 Å². The summed E-state index contributed by atoms with van der Waals surface area (Å²) in [5, 5.41) is 0. The molecule has 276 valence electrons. The number of piperidine rings is 2.